The van der Waals surface area contributed by atoms with Gasteiger partial charge in [0.15, 0.2) is 12.6 Å². The monoisotopic (exact) mass is 357 g/mol. The maximum absolute atomic E-state index is 8.85. The van der Waals surface area contributed by atoms with Crippen molar-refractivity contribution < 1.29 is 28.4 Å². The van der Waals surface area contributed by atoms with E-state index in [0.717, 1.165) is 0 Å². The summed E-state index contributed by atoms with van der Waals surface area (Å²) in [5.41, 5.74) is 8.85. The molecule has 9 heteroatoms. The highest BCUT2D eigenvalue weighted by molar-refractivity contribution is 4.99. The summed E-state index contributed by atoms with van der Waals surface area (Å²) in [6.07, 6.45) is -2.24. The highest BCUT2D eigenvalue weighted by Crippen LogP contribution is 2.38. The smallest absolute Gasteiger partial charge is 0.169 e. The van der Waals surface area contributed by atoms with E-state index in [-0.39, 0.29) is 30.1 Å². The Hall–Kier alpha value is -0.930. The minimum Gasteiger partial charge on any atom is -0.381 e. The predicted octanol–water partition coefficient (Wildman–Crippen LogP) is 1.85. The van der Waals surface area contributed by atoms with Crippen LogP contribution in [0.3, 0.4) is 0 Å². The van der Waals surface area contributed by atoms with Crippen molar-refractivity contribution in [3.05, 3.63) is 10.4 Å². The molecule has 0 aromatic carbocycles. The largest absolute Gasteiger partial charge is 0.381 e. The zero-order valence-corrected chi connectivity index (χ0v) is 15.3. The van der Waals surface area contributed by atoms with Crippen LogP contribution in [-0.2, 0) is 28.4 Å². The lowest BCUT2D eigenvalue weighted by Gasteiger charge is -2.46. The Morgan fingerprint density at radius 3 is 2.36 bits per heavy atom. The van der Waals surface area contributed by atoms with E-state index in [1.54, 1.807) is 14.2 Å². The molecule has 0 aliphatic carbocycles. The van der Waals surface area contributed by atoms with Gasteiger partial charge in [0.1, 0.15) is 18.2 Å². The molecule has 3 aliphatic heterocycles. The van der Waals surface area contributed by atoms with Gasteiger partial charge in [-0.15, -0.1) is 0 Å². The van der Waals surface area contributed by atoms with Crippen molar-refractivity contribution in [1.82, 2.24) is 0 Å². The van der Waals surface area contributed by atoms with Crippen LogP contribution in [0.5, 0.6) is 0 Å². The van der Waals surface area contributed by atoms with Gasteiger partial charge in [0.05, 0.1) is 24.9 Å². The van der Waals surface area contributed by atoms with Gasteiger partial charge in [0, 0.05) is 31.0 Å². The molecule has 25 heavy (non-hydrogen) atoms. The van der Waals surface area contributed by atoms with Gasteiger partial charge in [-0.3, -0.25) is 0 Å². The maximum atomic E-state index is 8.85. The highest BCUT2D eigenvalue weighted by Gasteiger charge is 2.53. The van der Waals surface area contributed by atoms with Crippen LogP contribution in [0.4, 0.5) is 0 Å². The van der Waals surface area contributed by atoms with Gasteiger partial charge in [-0.1, -0.05) is 19.0 Å². The Bertz CT molecular complexity index is 516. The first-order chi connectivity index (χ1) is 12.0. The van der Waals surface area contributed by atoms with E-state index in [4.69, 9.17) is 34.0 Å². The molecular weight excluding hydrogens is 330 g/mol. The van der Waals surface area contributed by atoms with Crippen molar-refractivity contribution in [1.29, 1.82) is 0 Å². The summed E-state index contributed by atoms with van der Waals surface area (Å²) >= 11 is 0. The molecule has 0 aromatic heterocycles. The van der Waals surface area contributed by atoms with Crippen LogP contribution >= 0.6 is 0 Å². The van der Waals surface area contributed by atoms with Crippen molar-refractivity contribution in [3.63, 3.8) is 0 Å². The van der Waals surface area contributed by atoms with Crippen LogP contribution in [0.25, 0.3) is 10.4 Å². The second-order valence-electron chi connectivity index (χ2n) is 7.00. The second kappa shape index (κ2) is 7.75. The lowest BCUT2D eigenvalue weighted by Crippen LogP contribution is -2.58. The molecule has 3 saturated heterocycles. The number of methoxy groups -OCH3 is 2. The van der Waals surface area contributed by atoms with Crippen molar-refractivity contribution in [3.8, 4) is 0 Å². The normalized spacial score (nSPS) is 49.6. The number of azide groups is 1. The van der Waals surface area contributed by atoms with Gasteiger partial charge in [-0.05, 0) is 12.5 Å². The van der Waals surface area contributed by atoms with Gasteiger partial charge in [-0.2, -0.15) is 0 Å². The van der Waals surface area contributed by atoms with Crippen LogP contribution in [0, 0.1) is 11.8 Å². The SMILES string of the molecule is CO[C@H]1C(C)[C@H](O[C@@H]2C3CO[C@H](O3)C(N=[N+]=[N-])[C@@H]2OC)OC(C)[C@H]1C. The van der Waals surface area contributed by atoms with Gasteiger partial charge < -0.3 is 28.4 Å². The Morgan fingerprint density at radius 1 is 1.00 bits per heavy atom. The van der Waals surface area contributed by atoms with Crippen LogP contribution in [0.15, 0.2) is 5.11 Å². The summed E-state index contributed by atoms with van der Waals surface area (Å²) in [5, 5.41) is 3.80. The van der Waals surface area contributed by atoms with E-state index < -0.39 is 30.8 Å². The molecule has 3 heterocycles. The topological polar surface area (TPSA) is 104 Å². The lowest BCUT2D eigenvalue weighted by molar-refractivity contribution is -0.307. The summed E-state index contributed by atoms with van der Waals surface area (Å²) in [5.74, 6) is 0.294. The molecule has 0 N–H and O–H groups in total. The lowest BCUT2D eigenvalue weighted by atomic mass is 9.86. The molecule has 0 aromatic rings. The summed E-state index contributed by atoms with van der Waals surface area (Å²) in [7, 11) is 3.28. The molecule has 10 atom stereocenters. The van der Waals surface area contributed by atoms with E-state index in [2.05, 4.69) is 16.9 Å². The van der Waals surface area contributed by atoms with Crippen molar-refractivity contribution in [2.45, 2.75) is 69.9 Å². The van der Waals surface area contributed by atoms with Gasteiger partial charge in [0.2, 0.25) is 0 Å². The van der Waals surface area contributed by atoms with E-state index in [1.807, 2.05) is 13.8 Å². The molecule has 3 fully saturated rings. The van der Waals surface area contributed by atoms with Gasteiger partial charge >= 0.3 is 0 Å². The Morgan fingerprint density at radius 2 is 1.72 bits per heavy atom. The van der Waals surface area contributed by atoms with Crippen molar-refractivity contribution in [2.24, 2.45) is 17.0 Å². The van der Waals surface area contributed by atoms with Gasteiger partial charge in [0.25, 0.3) is 0 Å². The van der Waals surface area contributed by atoms with Crippen LogP contribution < -0.4 is 0 Å². The van der Waals surface area contributed by atoms with E-state index in [1.165, 1.54) is 0 Å². The van der Waals surface area contributed by atoms with E-state index >= 15 is 0 Å². The summed E-state index contributed by atoms with van der Waals surface area (Å²) in [6.45, 7) is 6.54. The first-order valence-corrected chi connectivity index (χ1v) is 8.69. The molecule has 0 spiro atoms. The third-order valence-corrected chi connectivity index (χ3v) is 5.61. The number of ether oxygens (including phenoxy) is 6. The fourth-order valence-electron chi connectivity index (χ4n) is 4.07. The quantitative estimate of drug-likeness (QED) is 0.422. The molecule has 3 rings (SSSR count). The van der Waals surface area contributed by atoms with Gasteiger partial charge in [-0.25, -0.2) is 0 Å². The van der Waals surface area contributed by atoms with E-state index in [0.29, 0.717) is 6.61 Å². The molecule has 142 valence electrons. The fourth-order valence-corrected chi connectivity index (χ4v) is 4.07. The minimum atomic E-state index is -0.604. The first-order valence-electron chi connectivity index (χ1n) is 8.69. The predicted molar refractivity (Wildman–Crippen MR) is 86.7 cm³/mol. The standard InChI is InChI=1S/C16H27N3O6/c1-7-9(3)23-15(8(2)12(7)20-4)25-13-10-6-22-16(24-10)11(18-19-17)14(13)21-5/h7-16H,6H2,1-5H3/t7-,8?,9?,10?,11?,12-,13-,14+,15+,16-/m1/s1. The molecular formula is C16H27N3O6. The molecule has 3 aliphatic rings. The highest BCUT2D eigenvalue weighted by atomic mass is 16.8. The third-order valence-electron chi connectivity index (χ3n) is 5.61. The van der Waals surface area contributed by atoms with Crippen molar-refractivity contribution >= 4 is 0 Å². The zero-order chi connectivity index (χ0) is 18.1. The maximum Gasteiger partial charge on any atom is 0.169 e. The molecule has 4 unspecified atom stereocenters. The summed E-state index contributed by atoms with van der Waals surface area (Å²) < 4.78 is 35.0. The third kappa shape index (κ3) is 3.38. The van der Waals surface area contributed by atoms with Crippen LogP contribution in [0.2, 0.25) is 0 Å². The molecule has 9 nitrogen and oxygen atoms in total. The molecule has 0 radical (unpaired) electrons. The Kier molecular flexibility index (Phi) is 5.85. The zero-order valence-electron chi connectivity index (χ0n) is 15.3. The fraction of sp³-hybridized carbons (Fsp3) is 1.00. The molecule has 2 bridgehead atoms. The minimum absolute atomic E-state index is 0.00263. The Labute approximate surface area is 147 Å². The molecule has 0 saturated carbocycles. The summed E-state index contributed by atoms with van der Waals surface area (Å²) in [6, 6.07) is -0.604. The van der Waals surface area contributed by atoms with Crippen molar-refractivity contribution in [2.75, 3.05) is 20.8 Å². The average Bonchev–Trinajstić information content (AvgIpc) is 3.03. The molecule has 0 amide bonds. The second-order valence-corrected chi connectivity index (χ2v) is 7.00. The number of nitrogens with zero attached hydrogens (tertiary/aromatic N) is 3. The number of hydrogen-bond acceptors (Lipinski definition) is 7. The van der Waals surface area contributed by atoms with Crippen LogP contribution in [-0.4, -0.2) is 70.0 Å². The number of rotatable bonds is 5. The average molecular weight is 357 g/mol. The van der Waals surface area contributed by atoms with E-state index in [9.17, 15) is 0 Å². The summed E-state index contributed by atoms with van der Waals surface area (Å²) in [4.78, 5) is 2.90. The number of hydrogen-bond donors (Lipinski definition) is 0. The Balaban J connectivity index is 1.79. The first kappa shape index (κ1) is 18.8. The number of fused-ring (bicyclic) bond motifs is 2. The van der Waals surface area contributed by atoms with Crippen LogP contribution in [0.1, 0.15) is 20.8 Å².